The van der Waals surface area contributed by atoms with Crippen molar-refractivity contribution in [2.75, 3.05) is 20.2 Å². The minimum absolute atomic E-state index is 0.0885. The number of carbonyl (C=O) groups excluding carboxylic acids is 1. The number of hydrogen-bond donors (Lipinski definition) is 2. The minimum atomic E-state index is -0.0885. The molecule has 0 spiro atoms. The zero-order valence-electron chi connectivity index (χ0n) is 12.0. The van der Waals surface area contributed by atoms with Crippen molar-refractivity contribution in [3.8, 4) is 0 Å². The Morgan fingerprint density at radius 1 is 1.25 bits per heavy atom. The third kappa shape index (κ3) is 29.2. The molecular formula is C13H31NO2. The largest absolute Gasteiger partial charge is 0.395 e. The molecular weight excluding hydrogens is 202 g/mol. The van der Waals surface area contributed by atoms with E-state index in [9.17, 15) is 4.79 Å². The highest BCUT2D eigenvalue weighted by atomic mass is 16.3. The van der Waals surface area contributed by atoms with E-state index in [1.165, 1.54) is 6.42 Å². The molecule has 2 N–H and O–H groups in total. The molecule has 0 radical (unpaired) electrons. The summed E-state index contributed by atoms with van der Waals surface area (Å²) in [7, 11) is 1.80. The molecule has 0 aliphatic heterocycles. The lowest BCUT2D eigenvalue weighted by molar-refractivity contribution is -0.115. The lowest BCUT2D eigenvalue weighted by Gasteiger charge is -2.13. The first-order valence-electron chi connectivity index (χ1n) is 6.17. The van der Waals surface area contributed by atoms with Crippen LogP contribution in [0.1, 0.15) is 53.9 Å². The minimum Gasteiger partial charge on any atom is -0.395 e. The summed E-state index contributed by atoms with van der Waals surface area (Å²) >= 11 is 0. The van der Waals surface area contributed by atoms with Crippen LogP contribution in [0.5, 0.6) is 0 Å². The van der Waals surface area contributed by atoms with E-state index in [4.69, 9.17) is 5.11 Å². The Morgan fingerprint density at radius 2 is 1.69 bits per heavy atom. The number of carbonyl (C=O) groups is 1. The van der Waals surface area contributed by atoms with E-state index in [-0.39, 0.29) is 12.0 Å². The summed E-state index contributed by atoms with van der Waals surface area (Å²) in [5.74, 6) is 0. The van der Waals surface area contributed by atoms with Gasteiger partial charge in [0.25, 0.3) is 0 Å². The highest BCUT2D eigenvalue weighted by Gasteiger charge is 2.13. The molecule has 0 aliphatic rings. The van der Waals surface area contributed by atoms with Crippen LogP contribution >= 0.6 is 0 Å². The van der Waals surface area contributed by atoms with Gasteiger partial charge in [-0.3, -0.25) is 0 Å². The molecule has 0 amide bonds. The van der Waals surface area contributed by atoms with Gasteiger partial charge >= 0.3 is 0 Å². The highest BCUT2D eigenvalue weighted by molar-refractivity contribution is 5.57. The van der Waals surface area contributed by atoms with Gasteiger partial charge in [0, 0.05) is 12.0 Å². The van der Waals surface area contributed by atoms with Crippen LogP contribution in [-0.2, 0) is 4.79 Å². The summed E-state index contributed by atoms with van der Waals surface area (Å²) in [6.07, 6.45) is 4.36. The number of aldehydes is 1. The Bertz CT molecular complexity index is 123. The van der Waals surface area contributed by atoms with Gasteiger partial charge < -0.3 is 15.2 Å². The van der Waals surface area contributed by atoms with E-state index in [0.29, 0.717) is 6.54 Å². The molecule has 0 saturated carbocycles. The van der Waals surface area contributed by atoms with Crippen LogP contribution in [0, 0.1) is 5.41 Å². The van der Waals surface area contributed by atoms with E-state index in [0.717, 1.165) is 19.1 Å². The Morgan fingerprint density at radius 3 is 1.75 bits per heavy atom. The molecule has 100 valence electrons. The van der Waals surface area contributed by atoms with Gasteiger partial charge in [-0.1, -0.05) is 47.5 Å². The molecule has 0 unspecified atom stereocenters. The average Bonchev–Trinajstić information content (AvgIpc) is 2.21. The van der Waals surface area contributed by atoms with E-state index in [1.54, 1.807) is 7.05 Å². The van der Waals surface area contributed by atoms with Crippen molar-refractivity contribution in [3.05, 3.63) is 0 Å². The smallest absolute Gasteiger partial charge is 0.125 e. The van der Waals surface area contributed by atoms with Crippen molar-refractivity contribution in [2.24, 2.45) is 5.41 Å². The molecule has 0 bridgehead atoms. The van der Waals surface area contributed by atoms with E-state index in [1.807, 2.05) is 13.8 Å². The summed E-state index contributed by atoms with van der Waals surface area (Å²) in [5.41, 5.74) is -0.0885. The van der Waals surface area contributed by atoms with Crippen LogP contribution in [0.15, 0.2) is 0 Å². The summed E-state index contributed by atoms with van der Waals surface area (Å²) in [5, 5.41) is 10.8. The van der Waals surface area contributed by atoms with Crippen LogP contribution in [-0.4, -0.2) is 31.6 Å². The van der Waals surface area contributed by atoms with Crippen molar-refractivity contribution in [1.82, 2.24) is 5.32 Å². The molecule has 0 aromatic carbocycles. The van der Waals surface area contributed by atoms with Crippen LogP contribution in [0.4, 0.5) is 0 Å². The normalized spacial score (nSPS) is 9.44. The third-order valence-corrected chi connectivity index (χ3v) is 1.58. The molecule has 0 fully saturated rings. The molecule has 0 rings (SSSR count). The fourth-order valence-electron chi connectivity index (χ4n) is 0.815. The Kier molecular flexibility index (Phi) is 22.2. The lowest BCUT2D eigenvalue weighted by atomic mass is 9.90. The standard InChI is InChI=1S/C7H14O.C3H9NO.C3H8/c1-4-5-7(2,3)6-8;1-4-2-3-5;1-3-2/h6H,4-5H2,1-3H3;4-5H,2-3H2,1H3;3H2,1-2H3. The summed E-state index contributed by atoms with van der Waals surface area (Å²) < 4.78 is 0. The highest BCUT2D eigenvalue weighted by Crippen LogP contribution is 2.17. The fourth-order valence-corrected chi connectivity index (χ4v) is 0.815. The van der Waals surface area contributed by atoms with Gasteiger partial charge in [-0.15, -0.1) is 0 Å². The van der Waals surface area contributed by atoms with Crippen molar-refractivity contribution in [2.45, 2.75) is 53.9 Å². The maximum atomic E-state index is 10.2. The van der Waals surface area contributed by atoms with Gasteiger partial charge in [0.1, 0.15) is 6.29 Å². The van der Waals surface area contributed by atoms with E-state index >= 15 is 0 Å². The summed E-state index contributed by atoms with van der Waals surface area (Å²) in [6.45, 7) is 11.2. The second kappa shape index (κ2) is 17.0. The monoisotopic (exact) mass is 233 g/mol. The van der Waals surface area contributed by atoms with Gasteiger partial charge in [0.15, 0.2) is 0 Å². The average molecular weight is 233 g/mol. The van der Waals surface area contributed by atoms with Crippen molar-refractivity contribution < 1.29 is 9.90 Å². The summed E-state index contributed by atoms with van der Waals surface area (Å²) in [6, 6.07) is 0. The quantitative estimate of drug-likeness (QED) is 0.718. The summed E-state index contributed by atoms with van der Waals surface area (Å²) in [4.78, 5) is 10.2. The molecule has 0 aliphatic carbocycles. The maximum absolute atomic E-state index is 10.2. The number of likely N-dealkylation sites (N-methyl/N-ethyl adjacent to an activating group) is 1. The SMILES string of the molecule is CCC.CCCC(C)(C)C=O.CNCCO. The van der Waals surface area contributed by atoms with Crippen LogP contribution < -0.4 is 5.32 Å². The predicted molar refractivity (Wildman–Crippen MR) is 71.7 cm³/mol. The second-order valence-corrected chi connectivity index (χ2v) is 4.39. The maximum Gasteiger partial charge on any atom is 0.125 e. The zero-order valence-corrected chi connectivity index (χ0v) is 12.0. The van der Waals surface area contributed by atoms with Crippen molar-refractivity contribution in [1.29, 1.82) is 0 Å². The lowest BCUT2D eigenvalue weighted by Crippen LogP contribution is -2.11. The van der Waals surface area contributed by atoms with Gasteiger partial charge in [-0.25, -0.2) is 0 Å². The fraction of sp³-hybridized carbons (Fsp3) is 0.923. The van der Waals surface area contributed by atoms with Crippen molar-refractivity contribution >= 4 is 6.29 Å². The van der Waals surface area contributed by atoms with Gasteiger partial charge in [0.2, 0.25) is 0 Å². The predicted octanol–water partition coefficient (Wildman–Crippen LogP) is 2.63. The molecule has 0 heterocycles. The molecule has 3 nitrogen and oxygen atoms in total. The van der Waals surface area contributed by atoms with Crippen LogP contribution in [0.2, 0.25) is 0 Å². The second-order valence-electron chi connectivity index (χ2n) is 4.39. The molecule has 0 saturated heterocycles. The zero-order chi connectivity index (χ0) is 13.4. The first-order chi connectivity index (χ1) is 7.45. The first-order valence-corrected chi connectivity index (χ1v) is 6.17. The molecule has 0 aromatic rings. The number of nitrogens with one attached hydrogen (secondary N) is 1. The molecule has 0 aromatic heterocycles. The van der Waals surface area contributed by atoms with Gasteiger partial charge in [0.05, 0.1) is 6.61 Å². The van der Waals surface area contributed by atoms with E-state index < -0.39 is 0 Å². The molecule has 16 heavy (non-hydrogen) atoms. The van der Waals surface area contributed by atoms with Gasteiger partial charge in [-0.05, 0) is 13.5 Å². The van der Waals surface area contributed by atoms with Gasteiger partial charge in [-0.2, -0.15) is 0 Å². The molecule has 3 heteroatoms. The topological polar surface area (TPSA) is 49.3 Å². The number of aliphatic hydroxyl groups is 1. The number of aliphatic hydroxyl groups excluding tert-OH is 1. The third-order valence-electron chi connectivity index (χ3n) is 1.58. The van der Waals surface area contributed by atoms with E-state index in [2.05, 4.69) is 26.1 Å². The number of hydrogen-bond acceptors (Lipinski definition) is 3. The molecule has 0 atom stereocenters. The Labute approximate surface area is 102 Å². The first kappa shape index (κ1) is 20.9. The van der Waals surface area contributed by atoms with Crippen molar-refractivity contribution in [3.63, 3.8) is 0 Å². The number of rotatable bonds is 5. The Hall–Kier alpha value is -0.410. The van der Waals surface area contributed by atoms with Crippen LogP contribution in [0.25, 0.3) is 0 Å². The Balaban J connectivity index is -0.000000181. The van der Waals surface area contributed by atoms with Crippen LogP contribution in [0.3, 0.4) is 0 Å².